The van der Waals surface area contributed by atoms with Crippen molar-refractivity contribution in [1.82, 2.24) is 10.2 Å². The number of carbonyl (C=O) groups excluding carboxylic acids is 3. The third-order valence-electron chi connectivity index (χ3n) is 3.13. The van der Waals surface area contributed by atoms with E-state index in [4.69, 9.17) is 23.2 Å². The van der Waals surface area contributed by atoms with Gasteiger partial charge < -0.3 is 10.6 Å². The van der Waals surface area contributed by atoms with E-state index in [-0.39, 0.29) is 12.5 Å². The molecule has 1 aromatic carbocycles. The quantitative estimate of drug-likeness (QED) is 0.806. The van der Waals surface area contributed by atoms with Gasteiger partial charge in [-0.3, -0.25) is 14.5 Å². The van der Waals surface area contributed by atoms with E-state index in [2.05, 4.69) is 10.6 Å². The summed E-state index contributed by atoms with van der Waals surface area (Å²) < 4.78 is 0. The van der Waals surface area contributed by atoms with E-state index in [1.54, 1.807) is 0 Å². The van der Waals surface area contributed by atoms with Crippen LogP contribution in [0.4, 0.5) is 10.5 Å². The molecule has 0 spiro atoms. The van der Waals surface area contributed by atoms with E-state index in [0.29, 0.717) is 22.2 Å². The van der Waals surface area contributed by atoms with E-state index in [1.165, 1.54) is 18.2 Å². The zero-order chi connectivity index (χ0) is 16.3. The van der Waals surface area contributed by atoms with Crippen LogP contribution in [0.5, 0.6) is 0 Å². The molecule has 6 nitrogen and oxygen atoms in total. The van der Waals surface area contributed by atoms with Gasteiger partial charge >= 0.3 is 6.03 Å². The van der Waals surface area contributed by atoms with Crippen molar-refractivity contribution >= 4 is 46.7 Å². The number of amides is 4. The molecule has 1 saturated heterocycles. The lowest BCUT2D eigenvalue weighted by Crippen LogP contribution is -2.38. The smallest absolute Gasteiger partial charge is 0.325 e. The lowest BCUT2D eigenvalue weighted by atomic mass is 10.2. The standard InChI is InChI=1S/C14H15Cl2N3O3/c1-2-3-11-13(21)19(14(22)18-11)7-12(20)17-10-5-8(15)4-9(16)6-10/h4-6,11H,2-3,7H2,1H3,(H,17,20)(H,18,22)/t11-/m1/s1. The van der Waals surface area contributed by atoms with Crippen LogP contribution in [0.15, 0.2) is 18.2 Å². The molecular formula is C14H15Cl2N3O3. The lowest BCUT2D eigenvalue weighted by Gasteiger charge is -2.13. The summed E-state index contributed by atoms with van der Waals surface area (Å²) >= 11 is 11.7. The number of carbonyl (C=O) groups is 3. The summed E-state index contributed by atoms with van der Waals surface area (Å²) in [5.41, 5.74) is 0.402. The number of urea groups is 1. The van der Waals surface area contributed by atoms with Gasteiger partial charge in [0, 0.05) is 15.7 Å². The van der Waals surface area contributed by atoms with Crippen molar-refractivity contribution in [1.29, 1.82) is 0 Å². The van der Waals surface area contributed by atoms with Crippen molar-refractivity contribution in [3.63, 3.8) is 0 Å². The zero-order valence-corrected chi connectivity index (χ0v) is 13.4. The third kappa shape index (κ3) is 3.90. The predicted molar refractivity (Wildman–Crippen MR) is 84.0 cm³/mol. The Balaban J connectivity index is 2.00. The van der Waals surface area contributed by atoms with Crippen LogP contribution in [-0.4, -0.2) is 35.3 Å². The second-order valence-corrected chi connectivity index (χ2v) is 5.79. The first-order valence-electron chi connectivity index (χ1n) is 6.78. The summed E-state index contributed by atoms with van der Waals surface area (Å²) in [5.74, 6) is -0.884. The van der Waals surface area contributed by atoms with Crippen molar-refractivity contribution in [3.8, 4) is 0 Å². The minimum atomic E-state index is -0.553. The van der Waals surface area contributed by atoms with Crippen LogP contribution in [-0.2, 0) is 9.59 Å². The molecule has 4 amide bonds. The van der Waals surface area contributed by atoms with Crippen LogP contribution in [0.2, 0.25) is 10.0 Å². The number of nitrogens with one attached hydrogen (secondary N) is 2. The second kappa shape index (κ2) is 6.98. The molecule has 1 aromatic rings. The van der Waals surface area contributed by atoms with E-state index in [0.717, 1.165) is 11.3 Å². The Labute approximate surface area is 137 Å². The van der Waals surface area contributed by atoms with E-state index >= 15 is 0 Å². The Morgan fingerprint density at radius 3 is 2.50 bits per heavy atom. The van der Waals surface area contributed by atoms with Gasteiger partial charge in [0.1, 0.15) is 12.6 Å². The number of hydrogen-bond donors (Lipinski definition) is 2. The number of halogens is 2. The molecule has 0 radical (unpaired) electrons. The average Bonchev–Trinajstić information content (AvgIpc) is 2.66. The molecule has 1 heterocycles. The van der Waals surface area contributed by atoms with E-state index in [1.807, 2.05) is 6.92 Å². The normalized spacial score (nSPS) is 17.6. The number of nitrogens with zero attached hydrogens (tertiary/aromatic N) is 1. The van der Waals surface area contributed by atoms with Gasteiger partial charge in [0.05, 0.1) is 0 Å². The number of hydrogen-bond acceptors (Lipinski definition) is 3. The first-order valence-corrected chi connectivity index (χ1v) is 7.54. The van der Waals surface area contributed by atoms with Gasteiger partial charge in [0.2, 0.25) is 5.91 Å². The van der Waals surface area contributed by atoms with Crippen molar-refractivity contribution in [3.05, 3.63) is 28.2 Å². The summed E-state index contributed by atoms with van der Waals surface area (Å²) in [7, 11) is 0. The fourth-order valence-electron chi connectivity index (χ4n) is 2.18. The van der Waals surface area contributed by atoms with Crippen molar-refractivity contribution in [2.75, 3.05) is 11.9 Å². The first-order chi connectivity index (χ1) is 10.4. The maximum absolute atomic E-state index is 12.0. The Morgan fingerprint density at radius 2 is 1.91 bits per heavy atom. The third-order valence-corrected chi connectivity index (χ3v) is 3.57. The Kier molecular flexibility index (Phi) is 5.26. The highest BCUT2D eigenvalue weighted by Crippen LogP contribution is 2.22. The van der Waals surface area contributed by atoms with Crippen molar-refractivity contribution in [2.45, 2.75) is 25.8 Å². The lowest BCUT2D eigenvalue weighted by molar-refractivity contribution is -0.130. The number of anilines is 1. The zero-order valence-electron chi connectivity index (χ0n) is 11.9. The van der Waals surface area contributed by atoms with Gasteiger partial charge in [-0.25, -0.2) is 4.79 Å². The van der Waals surface area contributed by atoms with Crippen LogP contribution >= 0.6 is 23.2 Å². The fraction of sp³-hybridized carbons (Fsp3) is 0.357. The largest absolute Gasteiger partial charge is 0.326 e. The Bertz CT molecular complexity index is 601. The van der Waals surface area contributed by atoms with Crippen LogP contribution in [0, 0.1) is 0 Å². The minimum absolute atomic E-state index is 0.352. The summed E-state index contributed by atoms with van der Waals surface area (Å²) in [4.78, 5) is 36.6. The van der Waals surface area contributed by atoms with Crippen molar-refractivity contribution < 1.29 is 14.4 Å². The minimum Gasteiger partial charge on any atom is -0.326 e. The highest BCUT2D eigenvalue weighted by atomic mass is 35.5. The summed E-state index contributed by atoms with van der Waals surface area (Å²) in [6.45, 7) is 1.56. The molecule has 118 valence electrons. The van der Waals surface area contributed by atoms with E-state index < -0.39 is 18.0 Å². The highest BCUT2D eigenvalue weighted by Gasteiger charge is 2.38. The van der Waals surface area contributed by atoms with Crippen LogP contribution in [0.25, 0.3) is 0 Å². The monoisotopic (exact) mass is 343 g/mol. The van der Waals surface area contributed by atoms with Gasteiger partial charge in [0.15, 0.2) is 0 Å². The first kappa shape index (κ1) is 16.6. The maximum atomic E-state index is 12.0. The molecule has 0 bridgehead atoms. The number of rotatable bonds is 5. The molecule has 0 aromatic heterocycles. The van der Waals surface area contributed by atoms with Gasteiger partial charge in [-0.15, -0.1) is 0 Å². The maximum Gasteiger partial charge on any atom is 0.325 e. The molecule has 0 aliphatic carbocycles. The highest BCUT2D eigenvalue weighted by molar-refractivity contribution is 6.35. The number of imide groups is 1. The molecule has 2 rings (SSSR count). The molecule has 1 aliphatic heterocycles. The second-order valence-electron chi connectivity index (χ2n) is 4.92. The van der Waals surface area contributed by atoms with Crippen molar-refractivity contribution in [2.24, 2.45) is 0 Å². The summed E-state index contributed by atoms with van der Waals surface area (Å²) in [6, 6.07) is 3.48. The molecule has 0 saturated carbocycles. The summed E-state index contributed by atoms with van der Waals surface area (Å²) in [6.07, 6.45) is 1.31. The molecule has 22 heavy (non-hydrogen) atoms. The predicted octanol–water partition coefficient (Wildman–Crippen LogP) is 2.65. The molecule has 1 atom stereocenters. The van der Waals surface area contributed by atoms with Crippen LogP contribution in [0.3, 0.4) is 0 Å². The molecule has 0 unspecified atom stereocenters. The van der Waals surface area contributed by atoms with Gasteiger partial charge in [-0.1, -0.05) is 36.5 Å². The molecule has 8 heteroatoms. The molecule has 1 fully saturated rings. The fourth-order valence-corrected chi connectivity index (χ4v) is 2.71. The van der Waals surface area contributed by atoms with Crippen LogP contribution in [0.1, 0.15) is 19.8 Å². The SMILES string of the molecule is CCC[C@H]1NC(=O)N(CC(=O)Nc2cc(Cl)cc(Cl)c2)C1=O. The number of benzene rings is 1. The Morgan fingerprint density at radius 1 is 1.27 bits per heavy atom. The van der Waals surface area contributed by atoms with E-state index in [9.17, 15) is 14.4 Å². The topological polar surface area (TPSA) is 78.5 Å². The van der Waals surface area contributed by atoms with Gasteiger partial charge in [0.25, 0.3) is 5.91 Å². The van der Waals surface area contributed by atoms with Gasteiger partial charge in [-0.05, 0) is 24.6 Å². The molecule has 1 aliphatic rings. The molecule has 2 N–H and O–H groups in total. The van der Waals surface area contributed by atoms with Gasteiger partial charge in [-0.2, -0.15) is 0 Å². The summed E-state index contributed by atoms with van der Waals surface area (Å²) in [5, 5.41) is 5.87. The Hall–Kier alpha value is -1.79. The molecular weight excluding hydrogens is 329 g/mol. The van der Waals surface area contributed by atoms with Crippen LogP contribution < -0.4 is 10.6 Å². The average molecular weight is 344 g/mol.